The third-order valence-corrected chi connectivity index (χ3v) is 8.98. The molecule has 198 valence electrons. The zero-order valence-corrected chi connectivity index (χ0v) is 24.8. The molecule has 0 saturated heterocycles. The minimum atomic E-state index is 0.0933. The molecule has 0 atom stereocenters. The topological polar surface area (TPSA) is 12.9 Å². The van der Waals surface area contributed by atoms with Crippen LogP contribution in [-0.2, 0) is 0 Å². The second-order valence-corrected chi connectivity index (χ2v) is 12.0. The lowest BCUT2D eigenvalue weighted by Crippen LogP contribution is -2.56. The molecule has 6 aromatic carbocycles. The molecule has 1 heterocycles. The first-order valence-electron chi connectivity index (χ1n) is 14.6. The Balaban J connectivity index is 1.70. The summed E-state index contributed by atoms with van der Waals surface area (Å²) in [6, 6.07) is 33.9. The van der Waals surface area contributed by atoms with Crippen LogP contribution in [0.1, 0.15) is 33.4 Å². The van der Waals surface area contributed by atoms with Gasteiger partial charge in [-0.2, -0.15) is 0 Å². The molecule has 0 aliphatic carbocycles. The van der Waals surface area contributed by atoms with Gasteiger partial charge in [-0.25, -0.2) is 0 Å². The van der Waals surface area contributed by atoms with E-state index in [0.29, 0.717) is 0 Å². The van der Waals surface area contributed by atoms with Gasteiger partial charge in [0.2, 0.25) is 6.71 Å². The van der Waals surface area contributed by atoms with Crippen molar-refractivity contribution in [1.29, 1.82) is 0 Å². The number of aryl methyl sites for hydroxylation is 6. The summed E-state index contributed by atoms with van der Waals surface area (Å²) in [4.78, 5) is 5.08. The molecule has 0 aliphatic heterocycles. The number of hydrogen-bond acceptors (Lipinski definition) is 1. The predicted molar refractivity (Wildman–Crippen MR) is 180 cm³/mol. The maximum atomic E-state index is 5.08. The molecule has 7 aromatic rings. The van der Waals surface area contributed by atoms with Crippen LogP contribution in [-0.4, -0.2) is 11.7 Å². The largest absolute Gasteiger partial charge is 0.255 e. The first-order valence-corrected chi connectivity index (χ1v) is 14.6. The van der Waals surface area contributed by atoms with Crippen LogP contribution >= 0.6 is 0 Å². The first-order chi connectivity index (χ1) is 19.8. The van der Waals surface area contributed by atoms with Crippen LogP contribution in [0.4, 0.5) is 0 Å². The van der Waals surface area contributed by atoms with E-state index >= 15 is 0 Å². The summed E-state index contributed by atoms with van der Waals surface area (Å²) < 4.78 is 0. The summed E-state index contributed by atoms with van der Waals surface area (Å²) in [5.74, 6) is 0. The predicted octanol–water partition coefficient (Wildman–Crippen LogP) is 8.06. The Bertz CT molecular complexity index is 2070. The molecule has 0 fully saturated rings. The molecule has 2 heteroatoms. The van der Waals surface area contributed by atoms with Gasteiger partial charge in [-0.3, -0.25) is 4.98 Å². The molecule has 0 amide bonds. The van der Waals surface area contributed by atoms with E-state index in [1.54, 1.807) is 0 Å². The van der Waals surface area contributed by atoms with Gasteiger partial charge < -0.3 is 0 Å². The van der Waals surface area contributed by atoms with Gasteiger partial charge in [0, 0.05) is 27.7 Å². The van der Waals surface area contributed by atoms with Crippen molar-refractivity contribution in [3.63, 3.8) is 0 Å². The van der Waals surface area contributed by atoms with E-state index in [4.69, 9.17) is 4.98 Å². The Morgan fingerprint density at radius 3 is 1.61 bits per heavy atom. The summed E-state index contributed by atoms with van der Waals surface area (Å²) in [5, 5.41) is 8.71. The highest BCUT2D eigenvalue weighted by molar-refractivity contribution is 6.98. The van der Waals surface area contributed by atoms with Gasteiger partial charge in [-0.05, 0) is 57.7 Å². The smallest absolute Gasteiger partial charge is 0.243 e. The molecular weight excluding hydrogens is 493 g/mol. The maximum Gasteiger partial charge on any atom is 0.243 e. The number of benzene rings is 6. The number of rotatable bonds is 3. The van der Waals surface area contributed by atoms with Crippen LogP contribution in [0.25, 0.3) is 43.2 Å². The Labute approximate surface area is 243 Å². The third kappa shape index (κ3) is 4.04. The van der Waals surface area contributed by atoms with Gasteiger partial charge in [0.1, 0.15) is 0 Å². The first kappa shape index (κ1) is 25.5. The molecule has 0 N–H and O–H groups in total. The van der Waals surface area contributed by atoms with Crippen molar-refractivity contribution in [2.24, 2.45) is 0 Å². The zero-order valence-electron chi connectivity index (χ0n) is 24.8. The molecule has 0 spiro atoms. The average Bonchev–Trinajstić information content (AvgIpc) is 2.94. The Morgan fingerprint density at radius 2 is 1.00 bits per heavy atom. The molecule has 0 unspecified atom stereocenters. The average molecular weight is 528 g/mol. The highest BCUT2D eigenvalue weighted by Gasteiger charge is 2.30. The van der Waals surface area contributed by atoms with E-state index in [1.807, 2.05) is 0 Å². The van der Waals surface area contributed by atoms with Gasteiger partial charge in [0.15, 0.2) is 0 Å². The van der Waals surface area contributed by atoms with Gasteiger partial charge in [-0.15, -0.1) is 0 Å². The van der Waals surface area contributed by atoms with Crippen molar-refractivity contribution in [1.82, 2.24) is 4.98 Å². The van der Waals surface area contributed by atoms with Crippen LogP contribution < -0.4 is 16.4 Å². The van der Waals surface area contributed by atoms with Crippen LogP contribution in [0.5, 0.6) is 0 Å². The number of pyridine rings is 1. The molecule has 1 aromatic heterocycles. The van der Waals surface area contributed by atoms with Crippen LogP contribution in [0, 0.1) is 41.5 Å². The highest BCUT2D eigenvalue weighted by atomic mass is 14.7. The second kappa shape index (κ2) is 9.60. The fourth-order valence-electron chi connectivity index (χ4n) is 7.54. The minimum absolute atomic E-state index is 0.0933. The summed E-state index contributed by atoms with van der Waals surface area (Å²) in [7, 11) is 0. The van der Waals surface area contributed by atoms with Gasteiger partial charge >= 0.3 is 0 Å². The van der Waals surface area contributed by atoms with Crippen molar-refractivity contribution in [3.8, 4) is 0 Å². The SMILES string of the molecule is Cc1cc(C)c(B(c2c(C)cc(C)cc2C)c2cc3c(ncc4ccc5ccccc5c43)c3ccccc23)c(C)c1. The van der Waals surface area contributed by atoms with Crippen LogP contribution in [0.15, 0.2) is 97.2 Å². The fraction of sp³-hybridized carbons (Fsp3) is 0.154. The molecule has 41 heavy (non-hydrogen) atoms. The van der Waals surface area contributed by atoms with E-state index in [-0.39, 0.29) is 6.71 Å². The van der Waals surface area contributed by atoms with Crippen LogP contribution in [0.3, 0.4) is 0 Å². The Hall–Kier alpha value is -4.43. The molecule has 0 aliphatic rings. The van der Waals surface area contributed by atoms with Crippen molar-refractivity contribution < 1.29 is 0 Å². The van der Waals surface area contributed by atoms with E-state index < -0.39 is 0 Å². The zero-order chi connectivity index (χ0) is 28.4. The molecule has 0 bridgehead atoms. The quantitative estimate of drug-likeness (QED) is 0.167. The van der Waals surface area contributed by atoms with E-state index in [9.17, 15) is 0 Å². The van der Waals surface area contributed by atoms with Crippen molar-refractivity contribution in [2.75, 3.05) is 0 Å². The number of fused-ring (bicyclic) bond motifs is 7. The summed E-state index contributed by atoms with van der Waals surface area (Å²) in [5.41, 5.74) is 13.2. The minimum Gasteiger partial charge on any atom is -0.255 e. The molecule has 7 rings (SSSR count). The molecular formula is C39H34BN. The van der Waals surface area contributed by atoms with Gasteiger partial charge in [0.05, 0.1) is 5.52 Å². The Kier molecular flexibility index (Phi) is 5.98. The lowest BCUT2D eigenvalue weighted by Gasteiger charge is -2.26. The maximum absolute atomic E-state index is 5.08. The molecule has 1 nitrogen and oxygen atoms in total. The highest BCUT2D eigenvalue weighted by Crippen LogP contribution is 2.34. The van der Waals surface area contributed by atoms with Crippen LogP contribution in [0.2, 0.25) is 0 Å². The molecule has 0 saturated carbocycles. The van der Waals surface area contributed by atoms with Crippen molar-refractivity contribution in [2.45, 2.75) is 41.5 Å². The number of nitrogens with zero attached hydrogens (tertiary/aromatic N) is 1. The van der Waals surface area contributed by atoms with Crippen molar-refractivity contribution in [3.05, 3.63) is 131 Å². The number of hydrogen-bond donors (Lipinski definition) is 0. The second-order valence-electron chi connectivity index (χ2n) is 12.0. The van der Waals surface area contributed by atoms with E-state index in [0.717, 1.165) is 5.52 Å². The normalized spacial score (nSPS) is 11.7. The summed E-state index contributed by atoms with van der Waals surface area (Å²) in [6.45, 7) is 13.6. The lowest BCUT2D eigenvalue weighted by atomic mass is 9.33. The van der Waals surface area contributed by atoms with Gasteiger partial charge in [0.25, 0.3) is 0 Å². The lowest BCUT2D eigenvalue weighted by molar-refractivity contribution is 1.34. The molecule has 0 radical (unpaired) electrons. The fourth-order valence-corrected chi connectivity index (χ4v) is 7.54. The van der Waals surface area contributed by atoms with E-state index in [1.165, 1.54) is 87.5 Å². The van der Waals surface area contributed by atoms with Crippen molar-refractivity contribution >= 4 is 66.3 Å². The summed E-state index contributed by atoms with van der Waals surface area (Å²) >= 11 is 0. The summed E-state index contributed by atoms with van der Waals surface area (Å²) in [6.07, 6.45) is 2.05. The third-order valence-electron chi connectivity index (χ3n) is 8.98. The number of aromatic nitrogens is 1. The monoisotopic (exact) mass is 527 g/mol. The van der Waals surface area contributed by atoms with E-state index in [2.05, 4.69) is 139 Å². The standard InChI is InChI=1S/C39H34BN/c1-23-17-25(3)37(26(4)18-23)40(38-27(5)19-24(2)20-28(38)6)35-21-34-36-30(16-15-29-11-7-8-12-31(29)36)22-41-39(34)33-14-10-9-13-32(33)35/h7-22H,1-6H3. The van der Waals surface area contributed by atoms with Gasteiger partial charge in [-0.1, -0.05) is 141 Å². The Morgan fingerprint density at radius 1 is 0.488 bits per heavy atom.